The van der Waals surface area contributed by atoms with Crippen LogP contribution in [0, 0.1) is 11.3 Å². The van der Waals surface area contributed by atoms with E-state index >= 15 is 0 Å². The van der Waals surface area contributed by atoms with E-state index in [0.29, 0.717) is 18.7 Å². The zero-order valence-corrected chi connectivity index (χ0v) is 10.7. The van der Waals surface area contributed by atoms with Gasteiger partial charge in [0.25, 0.3) is 0 Å². The van der Waals surface area contributed by atoms with Gasteiger partial charge in [-0.15, -0.1) is 0 Å². The molecule has 17 heavy (non-hydrogen) atoms. The first-order valence-corrected chi connectivity index (χ1v) is 7.23. The number of aryl methyl sites for hydroxylation is 1. The van der Waals surface area contributed by atoms with Crippen molar-refractivity contribution in [3.63, 3.8) is 0 Å². The summed E-state index contributed by atoms with van der Waals surface area (Å²) >= 11 is 1.94. The van der Waals surface area contributed by atoms with E-state index in [0.717, 1.165) is 23.2 Å². The van der Waals surface area contributed by atoms with Gasteiger partial charge in [0.2, 0.25) is 5.89 Å². The molecule has 0 atom stereocenters. The zero-order valence-electron chi connectivity index (χ0n) is 9.89. The summed E-state index contributed by atoms with van der Waals surface area (Å²) < 4.78 is 5.14. The molecule has 0 N–H and O–H groups in total. The molecule has 1 heterocycles. The van der Waals surface area contributed by atoms with E-state index in [9.17, 15) is 0 Å². The average Bonchev–Trinajstić information content (AvgIpc) is 2.98. The fourth-order valence-electron chi connectivity index (χ4n) is 2.02. The van der Waals surface area contributed by atoms with Crippen molar-refractivity contribution in [2.75, 3.05) is 0 Å². The van der Waals surface area contributed by atoms with Crippen molar-refractivity contribution >= 4 is 11.8 Å². The Balaban J connectivity index is 1.71. The van der Waals surface area contributed by atoms with Gasteiger partial charge in [0, 0.05) is 18.1 Å². The summed E-state index contributed by atoms with van der Waals surface area (Å²) in [6.07, 6.45) is 7.46. The molecule has 0 radical (unpaired) electrons. The van der Waals surface area contributed by atoms with Crippen LogP contribution in [0.15, 0.2) is 4.52 Å². The third-order valence-corrected chi connectivity index (χ3v) is 4.31. The highest BCUT2D eigenvalue weighted by Gasteiger charge is 2.16. The van der Waals surface area contributed by atoms with Crippen molar-refractivity contribution in [1.82, 2.24) is 10.1 Å². The van der Waals surface area contributed by atoms with Crippen LogP contribution in [0.25, 0.3) is 0 Å². The maximum atomic E-state index is 8.43. The highest BCUT2D eigenvalue weighted by molar-refractivity contribution is 7.99. The largest absolute Gasteiger partial charge is 0.339 e. The molecule has 0 amide bonds. The Morgan fingerprint density at radius 1 is 1.41 bits per heavy atom. The highest BCUT2D eigenvalue weighted by atomic mass is 32.2. The van der Waals surface area contributed by atoms with Gasteiger partial charge in [-0.3, -0.25) is 0 Å². The molecule has 1 aromatic rings. The molecule has 1 saturated carbocycles. The Labute approximate surface area is 106 Å². The number of aromatic nitrogens is 2. The van der Waals surface area contributed by atoms with Crippen LogP contribution >= 0.6 is 11.8 Å². The summed E-state index contributed by atoms with van der Waals surface area (Å²) in [5.41, 5.74) is 0. The molecule has 0 bridgehead atoms. The van der Waals surface area contributed by atoms with Crippen LogP contribution in [-0.4, -0.2) is 15.4 Å². The van der Waals surface area contributed by atoms with Gasteiger partial charge in [-0.05, 0) is 19.3 Å². The van der Waals surface area contributed by atoms with Crippen LogP contribution in [0.3, 0.4) is 0 Å². The Bertz CT molecular complexity index is 379. The van der Waals surface area contributed by atoms with Crippen LogP contribution in [0.5, 0.6) is 0 Å². The van der Waals surface area contributed by atoms with E-state index < -0.39 is 0 Å². The van der Waals surface area contributed by atoms with Crippen molar-refractivity contribution in [3.05, 3.63) is 11.7 Å². The summed E-state index contributed by atoms with van der Waals surface area (Å²) in [5, 5.41) is 13.2. The van der Waals surface area contributed by atoms with E-state index in [-0.39, 0.29) is 0 Å². The minimum Gasteiger partial charge on any atom is -0.339 e. The quantitative estimate of drug-likeness (QED) is 0.727. The third-order valence-electron chi connectivity index (χ3n) is 2.94. The normalized spacial score (nSPS) is 16.2. The Morgan fingerprint density at radius 3 is 3.00 bits per heavy atom. The molecular weight excluding hydrogens is 234 g/mol. The molecule has 0 aliphatic heterocycles. The second kappa shape index (κ2) is 6.65. The van der Waals surface area contributed by atoms with Crippen molar-refractivity contribution < 1.29 is 4.52 Å². The predicted octanol–water partition coefficient (Wildman–Crippen LogP) is 3.09. The topological polar surface area (TPSA) is 62.7 Å². The standard InChI is InChI=1S/C12H17N3OS/c13-8-4-3-7-12-14-11(15-16-12)9-17-10-5-1-2-6-10/h10H,1-7,9H2. The maximum absolute atomic E-state index is 8.43. The fourth-order valence-corrected chi connectivity index (χ4v) is 3.19. The van der Waals surface area contributed by atoms with Crippen LogP contribution in [0.1, 0.15) is 50.2 Å². The van der Waals surface area contributed by atoms with Gasteiger partial charge in [-0.1, -0.05) is 18.0 Å². The lowest BCUT2D eigenvalue weighted by Crippen LogP contribution is -1.96. The molecule has 0 unspecified atom stereocenters. The molecule has 1 fully saturated rings. The molecule has 5 heteroatoms. The minimum atomic E-state index is 0.550. The Hall–Kier alpha value is -1.02. The molecule has 1 aliphatic rings. The van der Waals surface area contributed by atoms with Gasteiger partial charge in [0.05, 0.1) is 11.8 Å². The van der Waals surface area contributed by atoms with Gasteiger partial charge in [0.15, 0.2) is 5.82 Å². The summed E-state index contributed by atoms with van der Waals surface area (Å²) in [5.74, 6) is 2.32. The average molecular weight is 251 g/mol. The van der Waals surface area contributed by atoms with E-state index in [4.69, 9.17) is 9.78 Å². The first-order valence-electron chi connectivity index (χ1n) is 6.18. The molecule has 1 aromatic heterocycles. The Kier molecular flexibility index (Phi) is 4.87. The number of rotatable bonds is 6. The van der Waals surface area contributed by atoms with E-state index in [2.05, 4.69) is 16.2 Å². The Morgan fingerprint density at radius 2 is 2.24 bits per heavy atom. The molecule has 0 spiro atoms. The maximum Gasteiger partial charge on any atom is 0.226 e. The molecule has 2 rings (SSSR count). The molecule has 0 aromatic carbocycles. The number of unbranched alkanes of at least 4 members (excludes halogenated alkanes) is 1. The summed E-state index contributed by atoms with van der Waals surface area (Å²) in [6.45, 7) is 0. The van der Waals surface area contributed by atoms with Crippen LogP contribution in [-0.2, 0) is 12.2 Å². The first-order chi connectivity index (χ1) is 8.38. The number of nitrogens with zero attached hydrogens (tertiary/aromatic N) is 3. The summed E-state index contributed by atoms with van der Waals surface area (Å²) in [4.78, 5) is 4.34. The molecule has 4 nitrogen and oxygen atoms in total. The smallest absolute Gasteiger partial charge is 0.226 e. The fraction of sp³-hybridized carbons (Fsp3) is 0.750. The minimum absolute atomic E-state index is 0.550. The van der Waals surface area contributed by atoms with Crippen molar-refractivity contribution in [3.8, 4) is 6.07 Å². The summed E-state index contributed by atoms with van der Waals surface area (Å²) in [6, 6.07) is 2.11. The SMILES string of the molecule is N#CCCCc1nc(CSC2CCCC2)no1. The molecular formula is C12H17N3OS. The third kappa shape index (κ3) is 4.04. The highest BCUT2D eigenvalue weighted by Crippen LogP contribution is 2.30. The van der Waals surface area contributed by atoms with E-state index in [1.807, 2.05) is 11.8 Å². The van der Waals surface area contributed by atoms with Gasteiger partial charge in [-0.25, -0.2) is 0 Å². The van der Waals surface area contributed by atoms with Crippen LogP contribution in [0.4, 0.5) is 0 Å². The van der Waals surface area contributed by atoms with E-state index in [1.54, 1.807) is 0 Å². The molecule has 92 valence electrons. The van der Waals surface area contributed by atoms with Crippen LogP contribution in [0.2, 0.25) is 0 Å². The number of hydrogen-bond donors (Lipinski definition) is 0. The second-order valence-corrected chi connectivity index (χ2v) is 5.62. The van der Waals surface area contributed by atoms with Gasteiger partial charge < -0.3 is 4.52 Å². The number of thioether (sulfide) groups is 1. The van der Waals surface area contributed by atoms with Crippen molar-refractivity contribution in [2.24, 2.45) is 0 Å². The molecule has 0 saturated heterocycles. The van der Waals surface area contributed by atoms with Crippen molar-refractivity contribution in [1.29, 1.82) is 5.26 Å². The predicted molar refractivity (Wildman–Crippen MR) is 66.4 cm³/mol. The summed E-state index contributed by atoms with van der Waals surface area (Å²) in [7, 11) is 0. The number of nitriles is 1. The van der Waals surface area contributed by atoms with Crippen LogP contribution < -0.4 is 0 Å². The van der Waals surface area contributed by atoms with E-state index in [1.165, 1.54) is 25.7 Å². The zero-order chi connectivity index (χ0) is 11.9. The van der Waals surface area contributed by atoms with Gasteiger partial charge in [0.1, 0.15) is 0 Å². The number of hydrogen-bond acceptors (Lipinski definition) is 5. The monoisotopic (exact) mass is 251 g/mol. The lowest BCUT2D eigenvalue weighted by Gasteiger charge is -2.04. The van der Waals surface area contributed by atoms with Gasteiger partial charge in [-0.2, -0.15) is 22.0 Å². The lowest BCUT2D eigenvalue weighted by atomic mass is 10.2. The first kappa shape index (κ1) is 12.4. The molecule has 1 aliphatic carbocycles. The van der Waals surface area contributed by atoms with Gasteiger partial charge >= 0.3 is 0 Å². The van der Waals surface area contributed by atoms with Crippen molar-refractivity contribution in [2.45, 2.75) is 55.9 Å². The lowest BCUT2D eigenvalue weighted by molar-refractivity contribution is 0.372. The second-order valence-electron chi connectivity index (χ2n) is 4.33.